The van der Waals surface area contributed by atoms with E-state index in [-0.39, 0.29) is 6.04 Å². The van der Waals surface area contributed by atoms with Crippen LogP contribution in [-0.2, 0) is 0 Å². The van der Waals surface area contributed by atoms with Crippen LogP contribution < -0.4 is 10.6 Å². The van der Waals surface area contributed by atoms with E-state index < -0.39 is 0 Å². The van der Waals surface area contributed by atoms with Crippen LogP contribution in [0.15, 0.2) is 54.6 Å². The van der Waals surface area contributed by atoms with Crippen LogP contribution in [0.5, 0.6) is 0 Å². The molecular formula is C18H24N2. The van der Waals surface area contributed by atoms with Gasteiger partial charge in [0.25, 0.3) is 0 Å². The molecule has 0 radical (unpaired) electrons. The predicted octanol–water partition coefficient (Wildman–Crippen LogP) is 3.91. The number of benzene rings is 2. The maximum absolute atomic E-state index is 6.23. The Hall–Kier alpha value is -1.80. The molecule has 2 aromatic rings. The van der Waals surface area contributed by atoms with Crippen LogP contribution in [-0.4, -0.2) is 13.6 Å². The number of anilines is 1. The quantitative estimate of drug-likeness (QED) is 0.860. The molecule has 2 rings (SSSR count). The Balaban J connectivity index is 1.81. The highest BCUT2D eigenvalue weighted by Crippen LogP contribution is 2.18. The third-order valence-corrected chi connectivity index (χ3v) is 3.68. The van der Waals surface area contributed by atoms with Gasteiger partial charge in [0.15, 0.2) is 0 Å². The van der Waals surface area contributed by atoms with Crippen molar-refractivity contribution < 1.29 is 0 Å². The Bertz CT molecular complexity index is 522. The van der Waals surface area contributed by atoms with Gasteiger partial charge in [0.2, 0.25) is 0 Å². The molecule has 106 valence electrons. The van der Waals surface area contributed by atoms with Gasteiger partial charge in [-0.2, -0.15) is 0 Å². The highest BCUT2D eigenvalue weighted by Gasteiger charge is 2.06. The predicted molar refractivity (Wildman–Crippen MR) is 87.1 cm³/mol. The van der Waals surface area contributed by atoms with Gasteiger partial charge in [-0.15, -0.1) is 0 Å². The molecule has 0 spiro atoms. The third kappa shape index (κ3) is 4.10. The summed E-state index contributed by atoms with van der Waals surface area (Å²) in [5, 5.41) is 0. The summed E-state index contributed by atoms with van der Waals surface area (Å²) in [6.07, 6.45) is 2.11. The molecule has 2 N–H and O–H groups in total. The standard InChI is InChI=1S/C18H24N2/c1-15-8-6-11-17(14-15)20(2)13-7-12-18(19)16-9-4-3-5-10-16/h3-6,8-11,14,18H,7,12-13,19H2,1-2H3. The fraction of sp³-hybridized carbons (Fsp3) is 0.333. The second kappa shape index (κ2) is 7.11. The molecule has 1 atom stereocenters. The minimum atomic E-state index is 0.141. The maximum atomic E-state index is 6.23. The highest BCUT2D eigenvalue weighted by molar-refractivity contribution is 5.47. The molecule has 0 bridgehead atoms. The first-order valence-electron chi connectivity index (χ1n) is 7.25. The molecule has 0 heterocycles. The minimum Gasteiger partial charge on any atom is -0.375 e. The van der Waals surface area contributed by atoms with Crippen molar-refractivity contribution in [2.45, 2.75) is 25.8 Å². The molecule has 0 amide bonds. The van der Waals surface area contributed by atoms with Gasteiger partial charge >= 0.3 is 0 Å². The van der Waals surface area contributed by atoms with E-state index in [0.717, 1.165) is 19.4 Å². The van der Waals surface area contributed by atoms with Crippen LogP contribution in [0.25, 0.3) is 0 Å². The lowest BCUT2D eigenvalue weighted by Gasteiger charge is -2.21. The first-order chi connectivity index (χ1) is 9.66. The normalized spacial score (nSPS) is 12.2. The van der Waals surface area contributed by atoms with Gasteiger partial charge in [-0.05, 0) is 43.0 Å². The first-order valence-corrected chi connectivity index (χ1v) is 7.25. The van der Waals surface area contributed by atoms with Crippen molar-refractivity contribution >= 4 is 5.69 Å². The number of rotatable bonds is 6. The molecule has 0 fully saturated rings. The van der Waals surface area contributed by atoms with Crippen molar-refractivity contribution in [2.75, 3.05) is 18.5 Å². The van der Waals surface area contributed by atoms with Gasteiger partial charge in [0.1, 0.15) is 0 Å². The van der Waals surface area contributed by atoms with Gasteiger partial charge in [0.05, 0.1) is 0 Å². The summed E-state index contributed by atoms with van der Waals surface area (Å²) in [5.41, 5.74) is 10.0. The number of nitrogens with two attached hydrogens (primary N) is 1. The van der Waals surface area contributed by atoms with Crippen molar-refractivity contribution in [1.82, 2.24) is 0 Å². The summed E-state index contributed by atoms with van der Waals surface area (Å²) >= 11 is 0. The number of aryl methyl sites for hydroxylation is 1. The fourth-order valence-corrected chi connectivity index (χ4v) is 2.41. The Morgan fingerprint density at radius 2 is 1.80 bits per heavy atom. The summed E-state index contributed by atoms with van der Waals surface area (Å²) in [6, 6.07) is 19.1. The van der Waals surface area contributed by atoms with Crippen LogP contribution in [0.2, 0.25) is 0 Å². The van der Waals surface area contributed by atoms with E-state index >= 15 is 0 Å². The average molecular weight is 268 g/mol. The summed E-state index contributed by atoms with van der Waals surface area (Å²) in [6.45, 7) is 3.16. The molecule has 1 unspecified atom stereocenters. The Labute approximate surface area is 122 Å². The zero-order valence-electron chi connectivity index (χ0n) is 12.4. The van der Waals surface area contributed by atoms with E-state index in [1.807, 2.05) is 18.2 Å². The van der Waals surface area contributed by atoms with E-state index in [2.05, 4.69) is 55.3 Å². The molecule has 20 heavy (non-hydrogen) atoms. The monoisotopic (exact) mass is 268 g/mol. The molecule has 0 aliphatic heterocycles. The lowest BCUT2D eigenvalue weighted by Crippen LogP contribution is -2.20. The Morgan fingerprint density at radius 3 is 2.50 bits per heavy atom. The van der Waals surface area contributed by atoms with Crippen molar-refractivity contribution in [1.29, 1.82) is 0 Å². The average Bonchev–Trinajstić information content (AvgIpc) is 2.48. The van der Waals surface area contributed by atoms with Crippen molar-refractivity contribution in [3.63, 3.8) is 0 Å². The molecule has 2 heteroatoms. The van der Waals surface area contributed by atoms with Crippen molar-refractivity contribution in [2.24, 2.45) is 5.73 Å². The number of hydrogen-bond acceptors (Lipinski definition) is 2. The van der Waals surface area contributed by atoms with E-state index in [9.17, 15) is 0 Å². The molecule has 2 nitrogen and oxygen atoms in total. The summed E-state index contributed by atoms with van der Waals surface area (Å²) in [7, 11) is 2.14. The smallest absolute Gasteiger partial charge is 0.0366 e. The highest BCUT2D eigenvalue weighted by atomic mass is 15.1. The van der Waals surface area contributed by atoms with E-state index in [4.69, 9.17) is 5.73 Å². The lowest BCUT2D eigenvalue weighted by atomic mass is 10.0. The topological polar surface area (TPSA) is 29.3 Å². The molecular weight excluding hydrogens is 244 g/mol. The van der Waals surface area contributed by atoms with Gasteiger partial charge < -0.3 is 10.6 Å². The van der Waals surface area contributed by atoms with Crippen LogP contribution >= 0.6 is 0 Å². The SMILES string of the molecule is Cc1cccc(N(C)CCCC(N)c2ccccc2)c1. The van der Waals surface area contributed by atoms with E-state index in [1.165, 1.54) is 16.8 Å². The van der Waals surface area contributed by atoms with E-state index in [1.54, 1.807) is 0 Å². The number of hydrogen-bond donors (Lipinski definition) is 1. The molecule has 0 saturated heterocycles. The van der Waals surface area contributed by atoms with Gasteiger partial charge in [-0.3, -0.25) is 0 Å². The largest absolute Gasteiger partial charge is 0.375 e. The van der Waals surface area contributed by atoms with Crippen LogP contribution in [0, 0.1) is 6.92 Å². The minimum absolute atomic E-state index is 0.141. The third-order valence-electron chi connectivity index (χ3n) is 3.68. The molecule has 0 aliphatic carbocycles. The molecule has 2 aromatic carbocycles. The second-order valence-corrected chi connectivity index (χ2v) is 5.42. The van der Waals surface area contributed by atoms with Crippen LogP contribution in [0.4, 0.5) is 5.69 Å². The zero-order chi connectivity index (χ0) is 14.4. The van der Waals surface area contributed by atoms with Gasteiger partial charge in [0, 0.05) is 25.3 Å². The van der Waals surface area contributed by atoms with Crippen LogP contribution in [0.1, 0.15) is 30.0 Å². The van der Waals surface area contributed by atoms with Crippen molar-refractivity contribution in [3.8, 4) is 0 Å². The van der Waals surface area contributed by atoms with E-state index in [0.29, 0.717) is 0 Å². The summed E-state index contributed by atoms with van der Waals surface area (Å²) in [4.78, 5) is 2.30. The maximum Gasteiger partial charge on any atom is 0.0366 e. The Morgan fingerprint density at radius 1 is 1.05 bits per heavy atom. The first kappa shape index (κ1) is 14.6. The zero-order valence-corrected chi connectivity index (χ0v) is 12.4. The molecule has 0 aliphatic rings. The Kier molecular flexibility index (Phi) is 5.19. The summed E-state index contributed by atoms with van der Waals surface area (Å²) in [5.74, 6) is 0. The second-order valence-electron chi connectivity index (χ2n) is 5.42. The fourth-order valence-electron chi connectivity index (χ4n) is 2.41. The number of nitrogens with zero attached hydrogens (tertiary/aromatic N) is 1. The van der Waals surface area contributed by atoms with Gasteiger partial charge in [-0.1, -0.05) is 42.5 Å². The van der Waals surface area contributed by atoms with Crippen LogP contribution in [0.3, 0.4) is 0 Å². The molecule has 0 aromatic heterocycles. The van der Waals surface area contributed by atoms with Crippen molar-refractivity contribution in [3.05, 3.63) is 65.7 Å². The lowest BCUT2D eigenvalue weighted by molar-refractivity contribution is 0.609. The summed E-state index contributed by atoms with van der Waals surface area (Å²) < 4.78 is 0. The van der Waals surface area contributed by atoms with Gasteiger partial charge in [-0.25, -0.2) is 0 Å². The molecule has 0 saturated carbocycles.